The highest BCUT2D eigenvalue weighted by Gasteiger charge is 2.42. The molecule has 30 heavy (non-hydrogen) atoms. The molecule has 1 aromatic heterocycles. The number of aliphatic hydroxyl groups excluding tert-OH is 1. The number of aromatic nitrogens is 2. The van der Waals surface area contributed by atoms with Gasteiger partial charge in [-0.25, -0.2) is 4.68 Å². The fraction of sp³-hybridized carbons (Fsp3) is 0.409. The molecular formula is C22H24N4O4. The van der Waals surface area contributed by atoms with Crippen LogP contribution in [0.4, 0.5) is 0 Å². The summed E-state index contributed by atoms with van der Waals surface area (Å²) in [7, 11) is 1.72. The smallest absolute Gasteiger partial charge is 0.269 e. The van der Waals surface area contributed by atoms with Gasteiger partial charge in [-0.2, -0.15) is 5.10 Å². The van der Waals surface area contributed by atoms with Gasteiger partial charge in [-0.05, 0) is 37.5 Å². The molecule has 0 saturated carbocycles. The SMILES string of the molecule is CN(C=O)CCC1(C#Cc2cccc(-n3nc(C(N)=O)c4c3CCCC4O)c2)CO1. The molecule has 3 N–H and O–H groups in total. The molecule has 2 aliphatic rings. The second-order valence-corrected chi connectivity index (χ2v) is 7.81. The van der Waals surface area contributed by atoms with Gasteiger partial charge in [0.1, 0.15) is 0 Å². The first-order chi connectivity index (χ1) is 14.4. The summed E-state index contributed by atoms with van der Waals surface area (Å²) in [5.41, 5.74) is 8.01. The number of hydrogen-bond acceptors (Lipinski definition) is 5. The molecule has 2 heterocycles. The first kappa shape index (κ1) is 20.1. The Morgan fingerprint density at radius 1 is 1.53 bits per heavy atom. The Bertz CT molecular complexity index is 1050. The zero-order chi connectivity index (χ0) is 21.3. The number of aliphatic hydroxyl groups is 1. The Morgan fingerprint density at radius 3 is 3.03 bits per heavy atom. The van der Waals surface area contributed by atoms with Gasteiger partial charge in [0.25, 0.3) is 5.91 Å². The van der Waals surface area contributed by atoms with Crippen molar-refractivity contribution in [3.63, 3.8) is 0 Å². The summed E-state index contributed by atoms with van der Waals surface area (Å²) in [6.45, 7) is 1.13. The molecule has 4 rings (SSSR count). The van der Waals surface area contributed by atoms with Crippen LogP contribution in [0.15, 0.2) is 24.3 Å². The molecule has 0 bridgehead atoms. The predicted molar refractivity (Wildman–Crippen MR) is 109 cm³/mol. The Labute approximate surface area is 174 Å². The molecule has 0 radical (unpaired) electrons. The van der Waals surface area contributed by atoms with Gasteiger partial charge < -0.3 is 20.5 Å². The van der Waals surface area contributed by atoms with Gasteiger partial charge in [-0.3, -0.25) is 9.59 Å². The van der Waals surface area contributed by atoms with Crippen LogP contribution in [-0.2, 0) is 16.0 Å². The van der Waals surface area contributed by atoms with Crippen LogP contribution >= 0.6 is 0 Å². The molecule has 1 aromatic carbocycles. The van der Waals surface area contributed by atoms with Crippen molar-refractivity contribution in [1.29, 1.82) is 0 Å². The molecule has 2 unspecified atom stereocenters. The van der Waals surface area contributed by atoms with Gasteiger partial charge in [0.2, 0.25) is 6.41 Å². The third kappa shape index (κ3) is 3.95. The van der Waals surface area contributed by atoms with Crippen LogP contribution in [-0.4, -0.2) is 57.9 Å². The van der Waals surface area contributed by atoms with E-state index in [9.17, 15) is 14.7 Å². The van der Waals surface area contributed by atoms with Gasteiger partial charge in [0, 0.05) is 31.1 Å². The topological polar surface area (TPSA) is 114 Å². The van der Waals surface area contributed by atoms with Crippen LogP contribution in [0.5, 0.6) is 0 Å². The fourth-order valence-corrected chi connectivity index (χ4v) is 3.74. The van der Waals surface area contributed by atoms with E-state index in [4.69, 9.17) is 10.5 Å². The highest BCUT2D eigenvalue weighted by atomic mass is 16.6. The molecule has 1 aliphatic heterocycles. The molecule has 156 valence electrons. The minimum atomic E-state index is -0.732. The molecule has 2 atom stereocenters. The van der Waals surface area contributed by atoms with E-state index in [1.165, 1.54) is 0 Å². The van der Waals surface area contributed by atoms with Crippen LogP contribution in [0, 0.1) is 11.8 Å². The monoisotopic (exact) mass is 408 g/mol. The van der Waals surface area contributed by atoms with Crippen LogP contribution in [0.25, 0.3) is 5.69 Å². The van der Waals surface area contributed by atoms with E-state index in [1.807, 2.05) is 24.3 Å². The van der Waals surface area contributed by atoms with E-state index in [1.54, 1.807) is 16.6 Å². The predicted octanol–water partition coefficient (Wildman–Crippen LogP) is 0.940. The Balaban J connectivity index is 1.62. The zero-order valence-corrected chi connectivity index (χ0v) is 16.8. The summed E-state index contributed by atoms with van der Waals surface area (Å²) in [5.74, 6) is 5.69. The summed E-state index contributed by atoms with van der Waals surface area (Å²) in [6.07, 6.45) is 2.82. The van der Waals surface area contributed by atoms with E-state index in [0.717, 1.165) is 29.8 Å². The Kier molecular flexibility index (Phi) is 5.33. The summed E-state index contributed by atoms with van der Waals surface area (Å²) >= 11 is 0. The molecule has 1 saturated heterocycles. The van der Waals surface area contributed by atoms with Crippen molar-refractivity contribution in [2.75, 3.05) is 20.2 Å². The number of epoxide rings is 1. The lowest BCUT2D eigenvalue weighted by atomic mass is 9.92. The van der Waals surface area contributed by atoms with Gasteiger partial charge in [-0.15, -0.1) is 0 Å². The standard InChI is InChI=1S/C22H24N4O4/c1-25(14-27)11-10-22(13-30-22)9-8-15-4-2-5-16(12-15)26-17-6-3-7-18(28)19(17)20(24-26)21(23)29/h2,4-5,12,14,18,28H,3,6-7,10-11,13H2,1H3,(H2,23,29). The van der Waals surface area contributed by atoms with Crippen LogP contribution in [0.2, 0.25) is 0 Å². The van der Waals surface area contributed by atoms with Crippen molar-refractivity contribution in [2.24, 2.45) is 5.73 Å². The molecule has 8 heteroatoms. The van der Waals surface area contributed by atoms with Crippen molar-refractivity contribution in [1.82, 2.24) is 14.7 Å². The van der Waals surface area contributed by atoms with E-state index in [-0.39, 0.29) is 5.69 Å². The molecular weight excluding hydrogens is 384 g/mol. The molecule has 1 fully saturated rings. The Hall–Kier alpha value is -3.15. The first-order valence-electron chi connectivity index (χ1n) is 9.95. The lowest BCUT2D eigenvalue weighted by molar-refractivity contribution is -0.117. The summed E-state index contributed by atoms with van der Waals surface area (Å²) < 4.78 is 7.22. The number of rotatable bonds is 6. The van der Waals surface area contributed by atoms with Crippen LogP contribution in [0.1, 0.15) is 52.7 Å². The number of fused-ring (bicyclic) bond motifs is 1. The summed E-state index contributed by atoms with van der Waals surface area (Å²) in [6, 6.07) is 7.54. The number of amides is 2. The van der Waals surface area contributed by atoms with Gasteiger partial charge in [0.15, 0.2) is 11.3 Å². The summed E-state index contributed by atoms with van der Waals surface area (Å²) in [4.78, 5) is 24.2. The lowest BCUT2D eigenvalue weighted by Crippen LogP contribution is -2.22. The summed E-state index contributed by atoms with van der Waals surface area (Å²) in [5, 5.41) is 14.8. The Morgan fingerprint density at radius 2 is 2.33 bits per heavy atom. The molecule has 2 amide bonds. The number of nitrogens with zero attached hydrogens (tertiary/aromatic N) is 3. The quantitative estimate of drug-likeness (QED) is 0.419. The number of benzene rings is 1. The lowest BCUT2D eigenvalue weighted by Gasteiger charge is -2.19. The average molecular weight is 408 g/mol. The second-order valence-electron chi connectivity index (χ2n) is 7.81. The van der Waals surface area contributed by atoms with Crippen molar-refractivity contribution in [3.8, 4) is 17.5 Å². The molecule has 8 nitrogen and oxygen atoms in total. The normalized spacial score (nSPS) is 21.9. The third-order valence-corrected chi connectivity index (χ3v) is 5.55. The maximum atomic E-state index is 11.9. The molecule has 1 aliphatic carbocycles. The fourth-order valence-electron chi connectivity index (χ4n) is 3.74. The number of nitrogens with two attached hydrogens (primary N) is 1. The van der Waals surface area contributed by atoms with Crippen molar-refractivity contribution in [2.45, 2.75) is 37.4 Å². The highest BCUT2D eigenvalue weighted by molar-refractivity contribution is 5.93. The number of carbonyl (C=O) groups excluding carboxylic acids is 2. The third-order valence-electron chi connectivity index (χ3n) is 5.55. The van der Waals surface area contributed by atoms with Crippen LogP contribution < -0.4 is 5.73 Å². The number of hydrogen-bond donors (Lipinski definition) is 2. The van der Waals surface area contributed by atoms with Gasteiger partial charge >= 0.3 is 0 Å². The van der Waals surface area contributed by atoms with Crippen molar-refractivity contribution < 1.29 is 19.4 Å². The minimum Gasteiger partial charge on any atom is -0.388 e. The first-order valence-corrected chi connectivity index (χ1v) is 9.95. The van der Waals surface area contributed by atoms with Gasteiger partial charge in [0.05, 0.1) is 24.1 Å². The largest absolute Gasteiger partial charge is 0.388 e. The number of primary amides is 1. The molecule has 0 spiro atoms. The van der Waals surface area contributed by atoms with E-state index in [2.05, 4.69) is 16.9 Å². The van der Waals surface area contributed by atoms with Crippen LogP contribution in [0.3, 0.4) is 0 Å². The number of carbonyl (C=O) groups is 2. The maximum absolute atomic E-state index is 11.9. The minimum absolute atomic E-state index is 0.123. The van der Waals surface area contributed by atoms with E-state index < -0.39 is 17.6 Å². The second kappa shape index (κ2) is 7.94. The van der Waals surface area contributed by atoms with Crippen molar-refractivity contribution in [3.05, 3.63) is 46.8 Å². The molecule has 2 aromatic rings. The highest BCUT2D eigenvalue weighted by Crippen LogP contribution is 2.34. The zero-order valence-electron chi connectivity index (χ0n) is 16.8. The van der Waals surface area contributed by atoms with E-state index >= 15 is 0 Å². The maximum Gasteiger partial charge on any atom is 0.269 e. The van der Waals surface area contributed by atoms with Crippen molar-refractivity contribution >= 4 is 12.3 Å². The van der Waals surface area contributed by atoms with E-state index in [0.29, 0.717) is 38.0 Å². The number of ether oxygens (including phenoxy) is 1. The van der Waals surface area contributed by atoms with Gasteiger partial charge in [-0.1, -0.05) is 17.9 Å². The average Bonchev–Trinajstić information content (AvgIpc) is 3.41.